The fourth-order valence-electron chi connectivity index (χ4n) is 1.82. The number of carbonyl (C=O) groups is 1. The number of Topliss-reactive ketones (excluding diaryl/α,β-unsaturated/α-hetero) is 1. The molecule has 14 heavy (non-hydrogen) atoms. The van der Waals surface area contributed by atoms with Crippen LogP contribution in [-0.4, -0.2) is 30.3 Å². The first-order valence-electron chi connectivity index (χ1n) is 5.88. The molecule has 0 amide bonds. The molecule has 0 radical (unpaired) electrons. The largest absolute Gasteiger partial charge is 0.298 e. The van der Waals surface area contributed by atoms with Crippen molar-refractivity contribution < 1.29 is 4.79 Å². The Labute approximate surface area is 87.7 Å². The zero-order valence-electron chi connectivity index (χ0n) is 9.75. The first-order valence-corrected chi connectivity index (χ1v) is 5.88. The van der Waals surface area contributed by atoms with Crippen LogP contribution in [0.5, 0.6) is 0 Å². The van der Waals surface area contributed by atoms with Crippen LogP contribution in [0.2, 0.25) is 0 Å². The van der Waals surface area contributed by atoms with Crippen molar-refractivity contribution in [1.29, 1.82) is 0 Å². The molecule has 0 saturated carbocycles. The summed E-state index contributed by atoms with van der Waals surface area (Å²) in [5.41, 5.74) is 0. The van der Waals surface area contributed by atoms with Crippen LogP contribution in [0.4, 0.5) is 0 Å². The van der Waals surface area contributed by atoms with Gasteiger partial charge in [0.2, 0.25) is 0 Å². The van der Waals surface area contributed by atoms with E-state index in [0.29, 0.717) is 12.3 Å². The molecular weight excluding hydrogens is 174 g/mol. The zero-order chi connectivity index (χ0) is 10.6. The van der Waals surface area contributed by atoms with E-state index in [0.717, 1.165) is 25.4 Å². The van der Waals surface area contributed by atoms with Gasteiger partial charge in [-0.05, 0) is 38.3 Å². The van der Waals surface area contributed by atoms with Crippen LogP contribution >= 0.6 is 0 Å². The maximum Gasteiger partial charge on any atom is 0.149 e. The van der Waals surface area contributed by atoms with Gasteiger partial charge >= 0.3 is 0 Å². The first-order chi connectivity index (χ1) is 6.63. The van der Waals surface area contributed by atoms with E-state index in [2.05, 4.69) is 18.7 Å². The second kappa shape index (κ2) is 5.50. The number of piperidine rings is 1. The Hall–Kier alpha value is -0.370. The van der Waals surface area contributed by atoms with E-state index in [4.69, 9.17) is 0 Å². The van der Waals surface area contributed by atoms with Crippen LogP contribution in [0.3, 0.4) is 0 Å². The third-order valence-electron chi connectivity index (χ3n) is 3.42. The topological polar surface area (TPSA) is 20.3 Å². The lowest BCUT2D eigenvalue weighted by Gasteiger charge is -2.30. The van der Waals surface area contributed by atoms with Crippen LogP contribution in [0.25, 0.3) is 0 Å². The van der Waals surface area contributed by atoms with Gasteiger partial charge in [0.25, 0.3) is 0 Å². The lowest BCUT2D eigenvalue weighted by Crippen LogP contribution is -2.38. The molecule has 1 saturated heterocycles. The lowest BCUT2D eigenvalue weighted by molar-refractivity contribution is -0.123. The molecule has 2 heteroatoms. The molecule has 1 fully saturated rings. The number of likely N-dealkylation sites (tertiary alicyclic amines) is 1. The minimum absolute atomic E-state index is 0.245. The second-order valence-corrected chi connectivity index (χ2v) is 4.73. The molecule has 2 nitrogen and oxygen atoms in total. The van der Waals surface area contributed by atoms with Crippen molar-refractivity contribution in [1.82, 2.24) is 4.90 Å². The van der Waals surface area contributed by atoms with Crippen molar-refractivity contribution in [2.75, 3.05) is 19.6 Å². The fraction of sp³-hybridized carbons (Fsp3) is 0.917. The van der Waals surface area contributed by atoms with Crippen molar-refractivity contribution in [2.45, 2.75) is 40.0 Å². The molecule has 1 atom stereocenters. The van der Waals surface area contributed by atoms with Crippen LogP contribution in [0.1, 0.15) is 40.0 Å². The molecule has 1 aliphatic rings. The zero-order valence-corrected chi connectivity index (χ0v) is 9.75. The summed E-state index contributed by atoms with van der Waals surface area (Å²) in [5.74, 6) is 1.52. The second-order valence-electron chi connectivity index (χ2n) is 4.73. The molecule has 0 bridgehead atoms. The van der Waals surface area contributed by atoms with E-state index in [1.807, 2.05) is 6.92 Å². The summed E-state index contributed by atoms with van der Waals surface area (Å²) in [6.45, 7) is 9.33. The lowest BCUT2D eigenvalue weighted by atomic mass is 9.97. The van der Waals surface area contributed by atoms with E-state index in [-0.39, 0.29) is 5.92 Å². The Balaban J connectivity index is 2.27. The van der Waals surface area contributed by atoms with Crippen LogP contribution in [-0.2, 0) is 4.79 Å². The van der Waals surface area contributed by atoms with Crippen LogP contribution in [0.15, 0.2) is 0 Å². The van der Waals surface area contributed by atoms with Gasteiger partial charge in [-0.2, -0.15) is 0 Å². The number of ketones is 1. The SMILES string of the molecule is CCC(C)C(=O)CN1CCC(C)CC1. The number of rotatable bonds is 4. The van der Waals surface area contributed by atoms with Gasteiger partial charge in [-0.1, -0.05) is 20.8 Å². The maximum atomic E-state index is 11.7. The monoisotopic (exact) mass is 197 g/mol. The van der Waals surface area contributed by atoms with Crippen molar-refractivity contribution in [3.05, 3.63) is 0 Å². The predicted octanol–water partition coefficient (Wildman–Crippen LogP) is 2.33. The summed E-state index contributed by atoms with van der Waals surface area (Å²) in [6, 6.07) is 0. The van der Waals surface area contributed by atoms with Crippen molar-refractivity contribution in [3.8, 4) is 0 Å². The number of carbonyl (C=O) groups excluding carboxylic acids is 1. The van der Waals surface area contributed by atoms with Gasteiger partial charge in [0, 0.05) is 5.92 Å². The van der Waals surface area contributed by atoms with Crippen LogP contribution < -0.4 is 0 Å². The Morgan fingerprint density at radius 1 is 1.43 bits per heavy atom. The molecular formula is C12H23NO. The summed E-state index contributed by atoms with van der Waals surface area (Å²) < 4.78 is 0. The van der Waals surface area contributed by atoms with Gasteiger partial charge in [0.05, 0.1) is 6.54 Å². The van der Waals surface area contributed by atoms with Crippen LogP contribution in [0, 0.1) is 11.8 Å². The normalized spacial score (nSPS) is 22.2. The van der Waals surface area contributed by atoms with Gasteiger partial charge in [0.15, 0.2) is 0 Å². The molecule has 0 aromatic rings. The molecule has 0 aliphatic carbocycles. The summed E-state index contributed by atoms with van der Waals surface area (Å²) in [5, 5.41) is 0. The third-order valence-corrected chi connectivity index (χ3v) is 3.42. The number of nitrogens with zero attached hydrogens (tertiary/aromatic N) is 1. The van der Waals surface area contributed by atoms with Gasteiger partial charge < -0.3 is 0 Å². The molecule has 1 rings (SSSR count). The summed E-state index contributed by atoms with van der Waals surface area (Å²) in [6.07, 6.45) is 3.49. The number of hydrogen-bond acceptors (Lipinski definition) is 2. The van der Waals surface area contributed by atoms with Crippen molar-refractivity contribution in [2.24, 2.45) is 11.8 Å². The molecule has 1 heterocycles. The highest BCUT2D eigenvalue weighted by Crippen LogP contribution is 2.16. The Morgan fingerprint density at radius 2 is 2.00 bits per heavy atom. The van der Waals surface area contributed by atoms with Crippen molar-refractivity contribution >= 4 is 5.78 Å². The number of hydrogen-bond donors (Lipinski definition) is 0. The average molecular weight is 197 g/mol. The summed E-state index contributed by atoms with van der Waals surface area (Å²) in [7, 11) is 0. The molecule has 0 aromatic carbocycles. The van der Waals surface area contributed by atoms with E-state index >= 15 is 0 Å². The standard InChI is InChI=1S/C12H23NO/c1-4-11(3)12(14)9-13-7-5-10(2)6-8-13/h10-11H,4-9H2,1-3H3. The highest BCUT2D eigenvalue weighted by Gasteiger charge is 2.19. The Kier molecular flexibility index (Phi) is 4.59. The molecule has 1 aliphatic heterocycles. The van der Waals surface area contributed by atoms with Gasteiger partial charge in [-0.3, -0.25) is 9.69 Å². The molecule has 0 aromatic heterocycles. The average Bonchev–Trinajstić information content (AvgIpc) is 2.20. The third kappa shape index (κ3) is 3.41. The molecule has 82 valence electrons. The highest BCUT2D eigenvalue weighted by atomic mass is 16.1. The van der Waals surface area contributed by atoms with Gasteiger partial charge in [-0.15, -0.1) is 0 Å². The molecule has 0 N–H and O–H groups in total. The summed E-state index contributed by atoms with van der Waals surface area (Å²) in [4.78, 5) is 14.0. The van der Waals surface area contributed by atoms with Crippen molar-refractivity contribution in [3.63, 3.8) is 0 Å². The maximum absolute atomic E-state index is 11.7. The summed E-state index contributed by atoms with van der Waals surface area (Å²) >= 11 is 0. The fourth-order valence-corrected chi connectivity index (χ4v) is 1.82. The van der Waals surface area contributed by atoms with E-state index < -0.39 is 0 Å². The minimum atomic E-state index is 0.245. The van der Waals surface area contributed by atoms with E-state index in [1.54, 1.807) is 0 Å². The quantitative estimate of drug-likeness (QED) is 0.689. The van der Waals surface area contributed by atoms with E-state index in [9.17, 15) is 4.79 Å². The molecule has 0 spiro atoms. The van der Waals surface area contributed by atoms with Gasteiger partial charge in [-0.25, -0.2) is 0 Å². The minimum Gasteiger partial charge on any atom is -0.298 e. The first kappa shape index (κ1) is 11.7. The Morgan fingerprint density at radius 3 is 2.50 bits per heavy atom. The Bertz CT molecular complexity index is 183. The van der Waals surface area contributed by atoms with Gasteiger partial charge in [0.1, 0.15) is 5.78 Å². The van der Waals surface area contributed by atoms with E-state index in [1.165, 1.54) is 12.8 Å². The smallest absolute Gasteiger partial charge is 0.149 e. The molecule has 1 unspecified atom stereocenters. The highest BCUT2D eigenvalue weighted by molar-refractivity contribution is 5.82. The predicted molar refractivity (Wildman–Crippen MR) is 59.3 cm³/mol.